The first-order valence-electron chi connectivity index (χ1n) is 19.0. The highest BCUT2D eigenvalue weighted by Gasteiger charge is 2.37. The number of hydrogen-bond acceptors (Lipinski definition) is 8. The lowest BCUT2D eigenvalue weighted by Crippen LogP contribution is -2.49. The highest BCUT2D eigenvalue weighted by atomic mass is 28.4. The van der Waals surface area contributed by atoms with Crippen LogP contribution in [0.5, 0.6) is 0 Å². The van der Waals surface area contributed by atoms with Crippen molar-refractivity contribution in [3.05, 3.63) is 102 Å². The molecule has 2 aromatic carbocycles. The number of nitrogens with zero attached hydrogens (tertiary/aromatic N) is 5. The molecule has 4 heterocycles. The van der Waals surface area contributed by atoms with E-state index in [1.165, 1.54) is 5.56 Å². The number of anilines is 3. The molecular weight excluding hydrogens is 663 g/mol. The molecule has 2 aliphatic rings. The van der Waals surface area contributed by atoms with Crippen molar-refractivity contribution in [3.63, 3.8) is 0 Å². The molecule has 1 unspecified atom stereocenters. The van der Waals surface area contributed by atoms with E-state index in [2.05, 4.69) is 137 Å². The highest BCUT2D eigenvalue weighted by molar-refractivity contribution is 6.74. The van der Waals surface area contributed by atoms with Crippen LogP contribution < -0.4 is 15.5 Å². The lowest BCUT2D eigenvalue weighted by Gasteiger charge is -2.36. The summed E-state index contributed by atoms with van der Waals surface area (Å²) in [5, 5.41) is 6.86. The van der Waals surface area contributed by atoms with Crippen LogP contribution in [-0.4, -0.2) is 85.8 Å². The maximum Gasteiger partial charge on any atom is 0.234 e. The molecular formula is C42H57N7O2Si. The van der Waals surface area contributed by atoms with Gasteiger partial charge < -0.3 is 20.0 Å². The largest absolute Gasteiger partial charge is 0.413 e. The number of amides is 1. The number of piperazine rings is 1. The zero-order chi connectivity index (χ0) is 36.6. The Labute approximate surface area is 311 Å². The van der Waals surface area contributed by atoms with E-state index in [0.29, 0.717) is 25.7 Å². The molecule has 0 aliphatic carbocycles. The van der Waals surface area contributed by atoms with E-state index in [-0.39, 0.29) is 10.9 Å². The third-order valence-electron chi connectivity index (χ3n) is 11.0. The summed E-state index contributed by atoms with van der Waals surface area (Å²) < 4.78 is 6.45. The summed E-state index contributed by atoms with van der Waals surface area (Å²) >= 11 is 0. The highest BCUT2D eigenvalue weighted by Crippen LogP contribution is 2.37. The van der Waals surface area contributed by atoms with Crippen LogP contribution in [0.3, 0.4) is 0 Å². The van der Waals surface area contributed by atoms with Crippen LogP contribution in [0, 0.1) is 0 Å². The van der Waals surface area contributed by atoms with Crippen LogP contribution in [0.4, 0.5) is 17.3 Å². The molecule has 2 N–H and O–H groups in total. The smallest absolute Gasteiger partial charge is 0.234 e. The Morgan fingerprint density at radius 2 is 1.63 bits per heavy atom. The molecule has 276 valence electrons. The van der Waals surface area contributed by atoms with Gasteiger partial charge in [0.25, 0.3) is 0 Å². The average molecular weight is 720 g/mol. The number of nitrogens with one attached hydrogen (secondary N) is 2. The normalized spacial score (nSPS) is 17.3. The van der Waals surface area contributed by atoms with Gasteiger partial charge in [-0.3, -0.25) is 14.6 Å². The fourth-order valence-corrected chi connectivity index (χ4v) is 7.75. The number of pyridine rings is 2. The van der Waals surface area contributed by atoms with E-state index >= 15 is 0 Å². The van der Waals surface area contributed by atoms with Gasteiger partial charge in [-0.15, -0.1) is 0 Å². The second kappa shape index (κ2) is 17.2. The number of aromatic nitrogens is 2. The van der Waals surface area contributed by atoms with Gasteiger partial charge in [-0.05, 0) is 90.5 Å². The molecule has 4 aromatic rings. The van der Waals surface area contributed by atoms with Gasteiger partial charge in [0.15, 0.2) is 8.32 Å². The first kappa shape index (κ1) is 37.7. The first-order valence-corrected chi connectivity index (χ1v) is 21.9. The van der Waals surface area contributed by atoms with Crippen LogP contribution in [-0.2, 0) is 22.4 Å². The first-order chi connectivity index (χ1) is 25.0. The molecule has 0 saturated carbocycles. The van der Waals surface area contributed by atoms with Crippen LogP contribution >= 0.6 is 0 Å². The maximum atomic E-state index is 12.8. The summed E-state index contributed by atoms with van der Waals surface area (Å²) in [6.45, 7) is 18.9. The minimum Gasteiger partial charge on any atom is -0.413 e. The van der Waals surface area contributed by atoms with E-state index in [1.807, 2.05) is 18.5 Å². The molecule has 52 heavy (non-hydrogen) atoms. The van der Waals surface area contributed by atoms with Crippen molar-refractivity contribution in [1.82, 2.24) is 25.1 Å². The quantitative estimate of drug-likeness (QED) is 0.128. The summed E-state index contributed by atoms with van der Waals surface area (Å²) in [5.41, 5.74) is 5.60. The lowest BCUT2D eigenvalue weighted by atomic mass is 10.1. The second-order valence-electron chi connectivity index (χ2n) is 15.9. The number of carbonyl (C=O) groups excluding carboxylic acids is 1. The van der Waals surface area contributed by atoms with Crippen molar-refractivity contribution in [3.8, 4) is 11.1 Å². The molecule has 0 bridgehead atoms. The average Bonchev–Trinajstić information content (AvgIpc) is 3.60. The molecule has 0 spiro atoms. The van der Waals surface area contributed by atoms with Gasteiger partial charge in [0, 0.05) is 75.5 Å². The summed E-state index contributed by atoms with van der Waals surface area (Å²) in [6, 6.07) is 27.8. The van der Waals surface area contributed by atoms with Crippen LogP contribution in [0.2, 0.25) is 18.1 Å². The fraction of sp³-hybridized carbons (Fsp3) is 0.452. The molecule has 6 rings (SSSR count). The molecule has 2 aromatic heterocycles. The monoisotopic (exact) mass is 719 g/mol. The molecule has 1 amide bonds. The molecule has 2 saturated heterocycles. The van der Waals surface area contributed by atoms with Gasteiger partial charge in [-0.1, -0.05) is 63.2 Å². The van der Waals surface area contributed by atoms with Crippen LogP contribution in [0.1, 0.15) is 51.2 Å². The predicted molar refractivity (Wildman–Crippen MR) is 215 cm³/mol. The number of rotatable bonds is 14. The minimum atomic E-state index is -1.83. The number of benzene rings is 2. The fourth-order valence-electron chi connectivity index (χ4n) is 6.79. The molecule has 10 heteroatoms. The molecule has 2 aliphatic heterocycles. The van der Waals surface area contributed by atoms with E-state index in [1.54, 1.807) is 0 Å². The molecule has 0 radical (unpaired) electrons. The Morgan fingerprint density at radius 3 is 2.38 bits per heavy atom. The predicted octanol–water partition coefficient (Wildman–Crippen LogP) is 7.70. The van der Waals surface area contributed by atoms with Gasteiger partial charge in [-0.2, -0.15) is 0 Å². The second-order valence-corrected chi connectivity index (χ2v) is 20.7. The number of carbonyl (C=O) groups is 1. The third kappa shape index (κ3) is 10.3. The Hall–Kier alpha value is -4.09. The third-order valence-corrected chi connectivity index (χ3v) is 15.5. The topological polar surface area (TPSA) is 85.9 Å². The van der Waals surface area contributed by atoms with E-state index in [0.717, 1.165) is 92.5 Å². The molecule has 2 fully saturated rings. The van der Waals surface area contributed by atoms with E-state index in [4.69, 9.17) is 9.41 Å². The van der Waals surface area contributed by atoms with Crippen molar-refractivity contribution in [2.75, 3.05) is 56.0 Å². The van der Waals surface area contributed by atoms with Crippen molar-refractivity contribution in [2.45, 2.75) is 77.4 Å². The van der Waals surface area contributed by atoms with Crippen molar-refractivity contribution in [1.29, 1.82) is 0 Å². The van der Waals surface area contributed by atoms with Gasteiger partial charge in [0.2, 0.25) is 5.91 Å². The zero-order valence-corrected chi connectivity index (χ0v) is 32.8. The zero-order valence-electron chi connectivity index (χ0n) is 31.8. The van der Waals surface area contributed by atoms with Gasteiger partial charge >= 0.3 is 0 Å². The van der Waals surface area contributed by atoms with Crippen LogP contribution in [0.25, 0.3) is 11.1 Å². The number of hydrogen-bond donors (Lipinski definition) is 2. The summed E-state index contributed by atoms with van der Waals surface area (Å²) in [6.07, 6.45) is 6.98. The minimum absolute atomic E-state index is 0.123. The van der Waals surface area contributed by atoms with Crippen molar-refractivity contribution in [2.24, 2.45) is 0 Å². The Bertz CT molecular complexity index is 1740. The van der Waals surface area contributed by atoms with Gasteiger partial charge in [0.05, 0.1) is 13.2 Å². The van der Waals surface area contributed by atoms with Gasteiger partial charge in [-0.25, -0.2) is 9.97 Å². The van der Waals surface area contributed by atoms with Crippen molar-refractivity contribution >= 4 is 31.5 Å². The maximum absolute atomic E-state index is 12.8. The van der Waals surface area contributed by atoms with E-state index in [9.17, 15) is 4.79 Å². The van der Waals surface area contributed by atoms with E-state index < -0.39 is 8.32 Å². The standard InChI is InChI=1S/C42H57N7O2Si/c1-42(2,3)52(4,5)51-32-34-13-9-14-37(27-34)46-39-28-35(18-20-43-39)36-16-17-40(45-29-36)49-22-10-15-38(49)19-21-44-41(50)31-48-25-23-47(24-26-48)30-33-11-7-6-8-12-33/h6-9,11-14,16-18,20,27-29,38H,10,15,19,21-26,30-32H2,1-5H3,(H,43,46)(H,44,50). The Balaban J connectivity index is 0.958. The Kier molecular flexibility index (Phi) is 12.4. The van der Waals surface area contributed by atoms with Gasteiger partial charge in [0.1, 0.15) is 11.6 Å². The summed E-state index contributed by atoms with van der Waals surface area (Å²) in [5.74, 6) is 1.91. The molecule has 1 atom stereocenters. The Morgan fingerprint density at radius 1 is 0.865 bits per heavy atom. The van der Waals surface area contributed by atoms with Crippen molar-refractivity contribution < 1.29 is 9.22 Å². The SMILES string of the molecule is CC(C)(C)[Si](C)(C)OCc1cccc(Nc2cc(-c3ccc(N4CCCC4CCNC(=O)CN4CCN(Cc5ccccc5)CC4)nc3)ccn2)c1. The molecule has 9 nitrogen and oxygen atoms in total. The summed E-state index contributed by atoms with van der Waals surface area (Å²) in [4.78, 5) is 29.4. The van der Waals surface area contributed by atoms with Crippen LogP contribution in [0.15, 0.2) is 91.3 Å². The summed E-state index contributed by atoms with van der Waals surface area (Å²) in [7, 11) is -1.83. The lowest BCUT2D eigenvalue weighted by molar-refractivity contribution is -0.122.